The summed E-state index contributed by atoms with van der Waals surface area (Å²) in [5, 5.41) is 14.8. The number of nitrogens with zero attached hydrogens (tertiary/aromatic N) is 2. The molecule has 0 fully saturated rings. The van der Waals surface area contributed by atoms with Gasteiger partial charge >= 0.3 is 0 Å². The van der Waals surface area contributed by atoms with Gasteiger partial charge in [-0.25, -0.2) is 5.43 Å². The summed E-state index contributed by atoms with van der Waals surface area (Å²) in [7, 11) is 0. The van der Waals surface area contributed by atoms with Crippen molar-refractivity contribution in [3.05, 3.63) is 82.4 Å². The fourth-order valence-electron chi connectivity index (χ4n) is 2.20. The summed E-state index contributed by atoms with van der Waals surface area (Å²) in [6.45, 7) is 5.15. The largest absolute Gasteiger partial charge is 0.483 e. The van der Waals surface area contributed by atoms with Crippen molar-refractivity contribution in [2.75, 3.05) is 6.61 Å². The second-order valence-corrected chi connectivity index (χ2v) is 5.43. The number of non-ortho nitro benzene ring substituents is 1. The van der Waals surface area contributed by atoms with E-state index in [4.69, 9.17) is 4.74 Å². The number of nitro groups is 1. The van der Waals surface area contributed by atoms with E-state index < -0.39 is 10.8 Å². The maximum atomic E-state index is 11.9. The summed E-state index contributed by atoms with van der Waals surface area (Å²) in [6.07, 6.45) is 2.40. The SMILES string of the molecule is C=CCc1ccccc1OCC(=O)NN=C(C)c1cccc([N+](=O)[O-])c1. The van der Waals surface area contributed by atoms with Crippen LogP contribution in [0.3, 0.4) is 0 Å². The van der Waals surface area contributed by atoms with E-state index in [-0.39, 0.29) is 12.3 Å². The Morgan fingerprint density at radius 3 is 2.81 bits per heavy atom. The van der Waals surface area contributed by atoms with Gasteiger partial charge in [0.05, 0.1) is 10.6 Å². The van der Waals surface area contributed by atoms with E-state index in [0.29, 0.717) is 23.4 Å². The first kappa shape index (κ1) is 18.9. The van der Waals surface area contributed by atoms with Crippen LogP contribution in [-0.2, 0) is 11.2 Å². The number of para-hydroxylation sites is 1. The molecular weight excluding hydrogens is 334 g/mol. The third kappa shape index (κ3) is 5.27. The molecule has 0 atom stereocenters. The standard InChI is InChI=1S/C19H19N3O4/c1-3-7-15-8-4-5-11-18(15)26-13-19(23)21-20-14(2)16-9-6-10-17(12-16)22(24)25/h3-6,8-12H,1,7,13H2,2H3,(H,21,23). The fourth-order valence-corrected chi connectivity index (χ4v) is 2.20. The van der Waals surface area contributed by atoms with Gasteiger partial charge in [0.25, 0.3) is 11.6 Å². The molecule has 0 radical (unpaired) electrons. The van der Waals surface area contributed by atoms with Crippen LogP contribution in [0.4, 0.5) is 5.69 Å². The molecule has 0 aliphatic heterocycles. The van der Waals surface area contributed by atoms with E-state index in [2.05, 4.69) is 17.1 Å². The Bertz CT molecular complexity index is 846. The Labute approximate surface area is 151 Å². The van der Waals surface area contributed by atoms with Crippen molar-refractivity contribution >= 4 is 17.3 Å². The number of benzene rings is 2. The molecule has 2 aromatic rings. The van der Waals surface area contributed by atoms with Gasteiger partial charge in [-0.3, -0.25) is 14.9 Å². The lowest BCUT2D eigenvalue weighted by atomic mass is 10.1. The molecule has 0 unspecified atom stereocenters. The average molecular weight is 353 g/mol. The van der Waals surface area contributed by atoms with Gasteiger partial charge in [-0.2, -0.15) is 5.10 Å². The van der Waals surface area contributed by atoms with Crippen LogP contribution in [0.5, 0.6) is 5.75 Å². The number of rotatable bonds is 8. The van der Waals surface area contributed by atoms with Crippen molar-refractivity contribution in [1.82, 2.24) is 5.43 Å². The second kappa shape index (κ2) is 9.12. The van der Waals surface area contributed by atoms with Gasteiger partial charge in [0.15, 0.2) is 6.61 Å². The van der Waals surface area contributed by atoms with Crippen LogP contribution in [0.2, 0.25) is 0 Å². The molecule has 0 spiro atoms. The van der Waals surface area contributed by atoms with Gasteiger partial charge in [0.1, 0.15) is 5.75 Å². The Hall–Kier alpha value is -3.48. The van der Waals surface area contributed by atoms with Crippen LogP contribution in [-0.4, -0.2) is 23.1 Å². The predicted molar refractivity (Wildman–Crippen MR) is 99.3 cm³/mol. The number of carbonyl (C=O) groups is 1. The van der Waals surface area contributed by atoms with Gasteiger partial charge in [0.2, 0.25) is 0 Å². The first-order valence-corrected chi connectivity index (χ1v) is 7.91. The predicted octanol–water partition coefficient (Wildman–Crippen LogP) is 3.24. The van der Waals surface area contributed by atoms with Crippen LogP contribution in [0.15, 0.2) is 66.3 Å². The van der Waals surface area contributed by atoms with Gasteiger partial charge < -0.3 is 4.74 Å². The summed E-state index contributed by atoms with van der Waals surface area (Å²) in [4.78, 5) is 22.3. The van der Waals surface area contributed by atoms with Crippen LogP contribution in [0.25, 0.3) is 0 Å². The summed E-state index contributed by atoms with van der Waals surface area (Å²) >= 11 is 0. The van der Waals surface area contributed by atoms with Gasteiger partial charge in [-0.05, 0) is 25.0 Å². The van der Waals surface area contributed by atoms with Crippen molar-refractivity contribution in [3.8, 4) is 5.75 Å². The Kier molecular flexibility index (Phi) is 6.61. The maximum absolute atomic E-state index is 11.9. The molecule has 0 bridgehead atoms. The summed E-state index contributed by atoms with van der Waals surface area (Å²) in [5.41, 5.74) is 4.29. The minimum absolute atomic E-state index is 0.0365. The minimum Gasteiger partial charge on any atom is -0.483 e. The molecule has 0 aliphatic rings. The van der Waals surface area contributed by atoms with Crippen LogP contribution >= 0.6 is 0 Å². The van der Waals surface area contributed by atoms with Crippen LogP contribution in [0, 0.1) is 10.1 Å². The number of amides is 1. The highest BCUT2D eigenvalue weighted by Crippen LogP contribution is 2.18. The summed E-state index contributed by atoms with van der Waals surface area (Å²) in [6, 6.07) is 13.4. The lowest BCUT2D eigenvalue weighted by Crippen LogP contribution is -2.25. The number of carbonyl (C=O) groups excluding carboxylic acids is 1. The second-order valence-electron chi connectivity index (χ2n) is 5.43. The molecule has 7 heteroatoms. The average Bonchev–Trinajstić information content (AvgIpc) is 2.65. The number of nitro benzene ring substituents is 1. The van der Waals surface area contributed by atoms with Gasteiger partial charge in [-0.15, -0.1) is 6.58 Å². The summed E-state index contributed by atoms with van der Waals surface area (Å²) < 4.78 is 5.52. The van der Waals surface area contributed by atoms with Crippen molar-refractivity contribution in [1.29, 1.82) is 0 Å². The lowest BCUT2D eigenvalue weighted by molar-refractivity contribution is -0.384. The van der Waals surface area contributed by atoms with E-state index in [1.165, 1.54) is 12.1 Å². The highest BCUT2D eigenvalue weighted by atomic mass is 16.6. The van der Waals surface area contributed by atoms with Crippen LogP contribution in [0.1, 0.15) is 18.1 Å². The Morgan fingerprint density at radius 1 is 1.31 bits per heavy atom. The molecule has 0 saturated heterocycles. The van der Waals surface area contributed by atoms with Gasteiger partial charge in [-0.1, -0.05) is 36.4 Å². The molecule has 2 rings (SSSR count). The van der Waals surface area contributed by atoms with Gasteiger partial charge in [0, 0.05) is 17.7 Å². The van der Waals surface area contributed by atoms with E-state index in [9.17, 15) is 14.9 Å². The molecule has 2 aromatic carbocycles. The van der Waals surface area contributed by atoms with Crippen molar-refractivity contribution in [3.63, 3.8) is 0 Å². The zero-order valence-corrected chi connectivity index (χ0v) is 14.3. The number of hydrogen-bond acceptors (Lipinski definition) is 5. The topological polar surface area (TPSA) is 93.8 Å². The summed E-state index contributed by atoms with van der Waals surface area (Å²) in [5.74, 6) is 0.185. The smallest absolute Gasteiger partial charge is 0.277 e. The number of hydrazone groups is 1. The molecule has 7 nitrogen and oxygen atoms in total. The number of allylic oxidation sites excluding steroid dienone is 1. The molecule has 0 saturated carbocycles. The molecule has 0 aliphatic carbocycles. The number of ether oxygens (including phenoxy) is 1. The Morgan fingerprint density at radius 2 is 2.08 bits per heavy atom. The zero-order valence-electron chi connectivity index (χ0n) is 14.3. The fraction of sp³-hybridized carbons (Fsp3) is 0.158. The first-order valence-electron chi connectivity index (χ1n) is 7.91. The Balaban J connectivity index is 1.96. The van der Waals surface area contributed by atoms with Crippen molar-refractivity contribution < 1.29 is 14.5 Å². The van der Waals surface area contributed by atoms with Crippen molar-refractivity contribution in [2.45, 2.75) is 13.3 Å². The highest BCUT2D eigenvalue weighted by Gasteiger charge is 2.09. The normalized spacial score (nSPS) is 10.9. The molecule has 0 heterocycles. The first-order chi connectivity index (χ1) is 12.5. The minimum atomic E-state index is -0.482. The molecule has 26 heavy (non-hydrogen) atoms. The highest BCUT2D eigenvalue weighted by molar-refractivity contribution is 5.99. The third-order valence-electron chi connectivity index (χ3n) is 3.52. The molecule has 0 aromatic heterocycles. The number of nitrogens with one attached hydrogen (secondary N) is 1. The molecule has 134 valence electrons. The number of hydrogen-bond donors (Lipinski definition) is 1. The zero-order chi connectivity index (χ0) is 18.9. The molecular formula is C19H19N3O4. The third-order valence-corrected chi connectivity index (χ3v) is 3.52. The maximum Gasteiger partial charge on any atom is 0.277 e. The van der Waals surface area contributed by atoms with E-state index in [1.54, 1.807) is 31.2 Å². The quantitative estimate of drug-likeness (QED) is 0.341. The van der Waals surface area contributed by atoms with E-state index in [0.717, 1.165) is 5.56 Å². The van der Waals surface area contributed by atoms with E-state index >= 15 is 0 Å². The van der Waals surface area contributed by atoms with Crippen LogP contribution < -0.4 is 10.2 Å². The van der Waals surface area contributed by atoms with Crippen molar-refractivity contribution in [2.24, 2.45) is 5.10 Å². The monoisotopic (exact) mass is 353 g/mol. The molecule has 1 N–H and O–H groups in total. The lowest BCUT2D eigenvalue weighted by Gasteiger charge is -2.09. The van der Waals surface area contributed by atoms with E-state index in [1.807, 2.05) is 18.2 Å². The molecule has 1 amide bonds.